The summed E-state index contributed by atoms with van der Waals surface area (Å²) >= 11 is 5.82. The fourth-order valence-electron chi connectivity index (χ4n) is 1.99. The van der Waals surface area contributed by atoms with Crippen molar-refractivity contribution in [3.05, 3.63) is 28.8 Å². The number of carboxylic acids is 1. The molecule has 0 bridgehead atoms. The Morgan fingerprint density at radius 1 is 1.45 bits per heavy atom. The maximum absolute atomic E-state index is 11.8. The molecule has 0 saturated carbocycles. The van der Waals surface area contributed by atoms with Gasteiger partial charge in [-0.25, -0.2) is 18.4 Å². The number of carboxylic acid groups (broad SMARTS) is 1. The SMILES string of the molecule is NS(=O)(=O)C1CC(=O)N(c2ccc(C(=O)O)c(Cl)c2)C1. The van der Waals surface area contributed by atoms with E-state index in [0.29, 0.717) is 5.69 Å². The Labute approximate surface area is 120 Å². The van der Waals surface area contributed by atoms with Crippen LogP contribution in [0.1, 0.15) is 16.8 Å². The van der Waals surface area contributed by atoms with Gasteiger partial charge < -0.3 is 10.0 Å². The van der Waals surface area contributed by atoms with Gasteiger partial charge in [0, 0.05) is 18.7 Å². The van der Waals surface area contributed by atoms with Crippen molar-refractivity contribution in [3.8, 4) is 0 Å². The number of aromatic carboxylic acids is 1. The molecule has 3 N–H and O–H groups in total. The molecule has 1 aromatic rings. The van der Waals surface area contributed by atoms with Gasteiger partial charge in [0.1, 0.15) is 5.25 Å². The van der Waals surface area contributed by atoms with E-state index in [9.17, 15) is 18.0 Å². The van der Waals surface area contributed by atoms with Crippen LogP contribution < -0.4 is 10.0 Å². The van der Waals surface area contributed by atoms with Crippen LogP contribution in [0, 0.1) is 0 Å². The second kappa shape index (κ2) is 5.04. The van der Waals surface area contributed by atoms with E-state index in [4.69, 9.17) is 21.8 Å². The molecule has 1 heterocycles. The number of halogens is 1. The molecule has 1 fully saturated rings. The monoisotopic (exact) mass is 318 g/mol. The molecule has 1 amide bonds. The Bertz CT molecular complexity index is 688. The van der Waals surface area contributed by atoms with Crippen molar-refractivity contribution >= 4 is 39.2 Å². The van der Waals surface area contributed by atoms with Crippen LogP contribution in [0.25, 0.3) is 0 Å². The lowest BCUT2D eigenvalue weighted by atomic mass is 10.2. The number of nitrogens with two attached hydrogens (primary N) is 1. The van der Waals surface area contributed by atoms with E-state index in [1.165, 1.54) is 23.1 Å². The predicted octanol–water partition coefficient (Wildman–Crippen LogP) is 0.432. The van der Waals surface area contributed by atoms with Crippen molar-refractivity contribution in [1.29, 1.82) is 0 Å². The zero-order chi connectivity index (χ0) is 15.1. The summed E-state index contributed by atoms with van der Waals surface area (Å²) in [6.07, 6.45) is -0.197. The second-order valence-corrected chi connectivity index (χ2v) is 6.64. The number of amides is 1. The lowest BCUT2D eigenvalue weighted by Gasteiger charge is -2.17. The minimum absolute atomic E-state index is 0.0261. The first-order valence-electron chi connectivity index (χ1n) is 5.55. The highest BCUT2D eigenvalue weighted by Crippen LogP contribution is 2.28. The van der Waals surface area contributed by atoms with Gasteiger partial charge in [0.2, 0.25) is 15.9 Å². The summed E-state index contributed by atoms with van der Waals surface area (Å²) < 4.78 is 22.5. The molecule has 1 aliphatic heterocycles. The minimum atomic E-state index is -3.80. The third-order valence-electron chi connectivity index (χ3n) is 3.05. The van der Waals surface area contributed by atoms with Gasteiger partial charge >= 0.3 is 5.97 Å². The molecule has 7 nitrogen and oxygen atoms in total. The lowest BCUT2D eigenvalue weighted by Crippen LogP contribution is -2.32. The normalized spacial score (nSPS) is 19.4. The van der Waals surface area contributed by atoms with Crippen molar-refractivity contribution in [3.63, 3.8) is 0 Å². The highest BCUT2D eigenvalue weighted by molar-refractivity contribution is 7.89. The molecule has 1 aliphatic rings. The molecule has 1 atom stereocenters. The van der Waals surface area contributed by atoms with Gasteiger partial charge in [-0.05, 0) is 18.2 Å². The van der Waals surface area contributed by atoms with E-state index < -0.39 is 27.1 Å². The average Bonchev–Trinajstić information content (AvgIpc) is 2.70. The van der Waals surface area contributed by atoms with Gasteiger partial charge in [-0.1, -0.05) is 11.6 Å². The maximum atomic E-state index is 11.8. The highest BCUT2D eigenvalue weighted by Gasteiger charge is 2.37. The standard InChI is InChI=1S/C11H11ClN2O5S/c12-9-3-6(1-2-8(9)11(16)17)14-5-7(4-10(14)15)20(13,18)19/h1-3,7H,4-5H2,(H,16,17)(H2,13,18,19). The molecule has 9 heteroatoms. The summed E-state index contributed by atoms with van der Waals surface area (Å²) in [6.45, 7) is -0.0690. The number of hydrogen-bond donors (Lipinski definition) is 2. The van der Waals surface area contributed by atoms with E-state index in [1.807, 2.05) is 0 Å². The van der Waals surface area contributed by atoms with Gasteiger partial charge in [-0.3, -0.25) is 4.79 Å². The first-order valence-corrected chi connectivity index (χ1v) is 7.53. The lowest BCUT2D eigenvalue weighted by molar-refractivity contribution is -0.117. The zero-order valence-electron chi connectivity index (χ0n) is 10.1. The number of rotatable bonds is 3. The molecule has 108 valence electrons. The Morgan fingerprint density at radius 3 is 2.55 bits per heavy atom. The zero-order valence-corrected chi connectivity index (χ0v) is 11.7. The van der Waals surface area contributed by atoms with Crippen LogP contribution in [-0.2, 0) is 14.8 Å². The summed E-state index contributed by atoms with van der Waals surface area (Å²) in [7, 11) is -3.80. The third-order valence-corrected chi connectivity index (χ3v) is 4.61. The third kappa shape index (κ3) is 2.77. The smallest absolute Gasteiger partial charge is 0.337 e. The summed E-state index contributed by atoms with van der Waals surface area (Å²) in [5, 5.41) is 12.9. The van der Waals surface area contributed by atoms with Crippen LogP contribution in [0.4, 0.5) is 5.69 Å². The van der Waals surface area contributed by atoms with Gasteiger partial charge in [-0.15, -0.1) is 0 Å². The van der Waals surface area contributed by atoms with E-state index in [-0.39, 0.29) is 23.6 Å². The van der Waals surface area contributed by atoms with Crippen LogP contribution in [0.2, 0.25) is 5.02 Å². The number of nitrogens with zero attached hydrogens (tertiary/aromatic N) is 1. The molecule has 1 unspecified atom stereocenters. The summed E-state index contributed by atoms with van der Waals surface area (Å²) in [5.41, 5.74) is 0.251. The highest BCUT2D eigenvalue weighted by atomic mass is 35.5. The van der Waals surface area contributed by atoms with E-state index >= 15 is 0 Å². The van der Waals surface area contributed by atoms with Gasteiger partial charge in [0.25, 0.3) is 0 Å². The molecule has 0 spiro atoms. The van der Waals surface area contributed by atoms with E-state index in [2.05, 4.69) is 0 Å². The minimum Gasteiger partial charge on any atom is -0.478 e. The molecule has 2 rings (SSSR count). The molecule has 1 aromatic carbocycles. The fraction of sp³-hybridized carbons (Fsp3) is 0.273. The van der Waals surface area contributed by atoms with Gasteiger partial charge in [-0.2, -0.15) is 0 Å². The van der Waals surface area contributed by atoms with Crippen LogP contribution in [0.15, 0.2) is 18.2 Å². The Balaban J connectivity index is 2.31. The molecule has 20 heavy (non-hydrogen) atoms. The number of primary sulfonamides is 1. The molecule has 0 radical (unpaired) electrons. The number of carbonyl (C=O) groups excluding carboxylic acids is 1. The quantitative estimate of drug-likeness (QED) is 0.838. The van der Waals surface area contributed by atoms with Crippen LogP contribution in [-0.4, -0.2) is 37.2 Å². The maximum Gasteiger partial charge on any atom is 0.337 e. The molecule has 1 saturated heterocycles. The van der Waals surface area contributed by atoms with Crippen LogP contribution in [0.5, 0.6) is 0 Å². The summed E-state index contributed by atoms with van der Waals surface area (Å²) in [5.74, 6) is -1.58. The Morgan fingerprint density at radius 2 is 2.10 bits per heavy atom. The fourth-order valence-corrected chi connectivity index (χ4v) is 2.98. The van der Waals surface area contributed by atoms with Crippen molar-refractivity contribution < 1.29 is 23.1 Å². The Hall–Kier alpha value is -1.64. The topological polar surface area (TPSA) is 118 Å². The number of carbonyl (C=O) groups is 2. The molecule has 0 aliphatic carbocycles. The van der Waals surface area contributed by atoms with Crippen molar-refractivity contribution in [1.82, 2.24) is 0 Å². The second-order valence-electron chi connectivity index (χ2n) is 4.39. The van der Waals surface area contributed by atoms with Gasteiger partial charge in [0.15, 0.2) is 0 Å². The Kier molecular flexibility index (Phi) is 3.72. The summed E-state index contributed by atoms with van der Waals surface area (Å²) in [6, 6.07) is 3.98. The average molecular weight is 319 g/mol. The van der Waals surface area contributed by atoms with Crippen molar-refractivity contribution in [2.45, 2.75) is 11.7 Å². The first kappa shape index (κ1) is 14.8. The molecule has 0 aromatic heterocycles. The molecular formula is C11H11ClN2O5S. The van der Waals surface area contributed by atoms with Gasteiger partial charge in [0.05, 0.1) is 10.6 Å². The number of sulfonamides is 1. The van der Waals surface area contributed by atoms with Crippen molar-refractivity contribution in [2.75, 3.05) is 11.4 Å². The summed E-state index contributed by atoms with van der Waals surface area (Å²) in [4.78, 5) is 23.9. The number of benzene rings is 1. The van der Waals surface area contributed by atoms with E-state index in [1.54, 1.807) is 0 Å². The van der Waals surface area contributed by atoms with Crippen LogP contribution >= 0.6 is 11.6 Å². The largest absolute Gasteiger partial charge is 0.478 e. The molecular weight excluding hydrogens is 308 g/mol. The van der Waals surface area contributed by atoms with Crippen molar-refractivity contribution in [2.24, 2.45) is 5.14 Å². The first-order chi connectivity index (χ1) is 9.20. The predicted molar refractivity (Wildman–Crippen MR) is 72.3 cm³/mol. The number of hydrogen-bond acceptors (Lipinski definition) is 4. The van der Waals surface area contributed by atoms with Crippen LogP contribution in [0.3, 0.4) is 0 Å². The van der Waals surface area contributed by atoms with E-state index in [0.717, 1.165) is 0 Å². The number of anilines is 1.